The SMILES string of the molecule is CNC(=O)c1nn(-c2ccc(C)c(C)c2)nc1CO. The molecule has 2 aromatic rings. The molecule has 2 rings (SSSR count). The first-order valence-corrected chi connectivity index (χ1v) is 5.93. The van der Waals surface area contributed by atoms with Crippen molar-refractivity contribution >= 4 is 5.91 Å². The Morgan fingerprint density at radius 2 is 2.05 bits per heavy atom. The zero-order valence-electron chi connectivity index (χ0n) is 11.1. The normalized spacial score (nSPS) is 10.5. The minimum atomic E-state index is -0.362. The van der Waals surface area contributed by atoms with E-state index in [9.17, 15) is 9.90 Å². The number of nitrogens with one attached hydrogen (secondary N) is 1. The van der Waals surface area contributed by atoms with E-state index < -0.39 is 0 Å². The topological polar surface area (TPSA) is 80.0 Å². The number of carbonyl (C=O) groups is 1. The van der Waals surface area contributed by atoms with Crippen LogP contribution in [0.2, 0.25) is 0 Å². The molecule has 0 unspecified atom stereocenters. The monoisotopic (exact) mass is 260 g/mol. The van der Waals surface area contributed by atoms with Crippen LogP contribution in [0.4, 0.5) is 0 Å². The Kier molecular flexibility index (Phi) is 3.62. The lowest BCUT2D eigenvalue weighted by Crippen LogP contribution is -2.20. The molecule has 0 saturated carbocycles. The number of nitrogens with zero attached hydrogens (tertiary/aromatic N) is 3. The van der Waals surface area contributed by atoms with Crippen LogP contribution >= 0.6 is 0 Å². The first-order valence-electron chi connectivity index (χ1n) is 5.93. The van der Waals surface area contributed by atoms with Gasteiger partial charge in [0.25, 0.3) is 5.91 Å². The van der Waals surface area contributed by atoms with Crippen LogP contribution in [0.3, 0.4) is 0 Å². The third kappa shape index (κ3) is 2.48. The number of aryl methyl sites for hydroxylation is 2. The number of aromatic nitrogens is 3. The molecule has 6 nitrogen and oxygen atoms in total. The summed E-state index contributed by atoms with van der Waals surface area (Å²) in [7, 11) is 1.51. The molecule has 0 bridgehead atoms. The molecule has 0 spiro atoms. The molecule has 19 heavy (non-hydrogen) atoms. The molecule has 1 aromatic carbocycles. The van der Waals surface area contributed by atoms with Gasteiger partial charge in [-0.2, -0.15) is 4.80 Å². The van der Waals surface area contributed by atoms with E-state index in [4.69, 9.17) is 0 Å². The number of amides is 1. The predicted molar refractivity (Wildman–Crippen MR) is 70.1 cm³/mol. The van der Waals surface area contributed by atoms with Gasteiger partial charge >= 0.3 is 0 Å². The third-order valence-corrected chi connectivity index (χ3v) is 3.00. The number of hydrogen-bond acceptors (Lipinski definition) is 4. The minimum absolute atomic E-state index is 0.142. The smallest absolute Gasteiger partial charge is 0.273 e. The van der Waals surface area contributed by atoms with Crippen molar-refractivity contribution in [2.24, 2.45) is 0 Å². The molecule has 0 aliphatic heterocycles. The molecule has 0 fully saturated rings. The van der Waals surface area contributed by atoms with Crippen LogP contribution in [0.1, 0.15) is 27.3 Å². The molecule has 2 N–H and O–H groups in total. The second-order valence-electron chi connectivity index (χ2n) is 4.29. The Balaban J connectivity index is 2.48. The molecule has 1 heterocycles. The number of benzene rings is 1. The van der Waals surface area contributed by atoms with Crippen molar-refractivity contribution in [1.82, 2.24) is 20.3 Å². The molecule has 0 radical (unpaired) electrons. The summed E-state index contributed by atoms with van der Waals surface area (Å²) in [5.41, 5.74) is 3.44. The van der Waals surface area contributed by atoms with E-state index in [2.05, 4.69) is 15.5 Å². The van der Waals surface area contributed by atoms with Crippen molar-refractivity contribution in [2.75, 3.05) is 7.05 Å². The van der Waals surface area contributed by atoms with Gasteiger partial charge in [-0.25, -0.2) is 0 Å². The van der Waals surface area contributed by atoms with Gasteiger partial charge in [-0.15, -0.1) is 10.2 Å². The van der Waals surface area contributed by atoms with Crippen molar-refractivity contribution < 1.29 is 9.90 Å². The summed E-state index contributed by atoms with van der Waals surface area (Å²) >= 11 is 0. The maximum atomic E-state index is 11.6. The summed E-state index contributed by atoms with van der Waals surface area (Å²) in [5.74, 6) is -0.362. The fourth-order valence-electron chi connectivity index (χ4n) is 1.70. The van der Waals surface area contributed by atoms with Gasteiger partial charge in [0.1, 0.15) is 5.69 Å². The van der Waals surface area contributed by atoms with E-state index in [1.807, 2.05) is 32.0 Å². The largest absolute Gasteiger partial charge is 0.390 e. The van der Waals surface area contributed by atoms with Gasteiger partial charge in [0, 0.05) is 7.05 Å². The number of hydrogen-bond donors (Lipinski definition) is 2. The highest BCUT2D eigenvalue weighted by atomic mass is 16.3. The number of aliphatic hydroxyl groups excluding tert-OH is 1. The summed E-state index contributed by atoms with van der Waals surface area (Å²) in [6.45, 7) is 3.69. The van der Waals surface area contributed by atoms with Crippen LogP contribution in [0, 0.1) is 13.8 Å². The zero-order valence-corrected chi connectivity index (χ0v) is 11.1. The first kappa shape index (κ1) is 13.2. The van der Waals surface area contributed by atoms with Crippen LogP contribution in [0.25, 0.3) is 5.69 Å². The number of aliphatic hydroxyl groups is 1. The minimum Gasteiger partial charge on any atom is -0.390 e. The van der Waals surface area contributed by atoms with Crippen molar-refractivity contribution in [3.8, 4) is 5.69 Å². The summed E-state index contributed by atoms with van der Waals surface area (Å²) in [4.78, 5) is 13.0. The molecule has 0 aliphatic carbocycles. The fourth-order valence-corrected chi connectivity index (χ4v) is 1.70. The van der Waals surface area contributed by atoms with Gasteiger partial charge in [-0.05, 0) is 37.1 Å². The van der Waals surface area contributed by atoms with E-state index in [0.717, 1.165) is 11.3 Å². The molecule has 6 heteroatoms. The van der Waals surface area contributed by atoms with Gasteiger partial charge in [0.15, 0.2) is 5.69 Å². The van der Waals surface area contributed by atoms with Gasteiger partial charge in [0.2, 0.25) is 0 Å². The molecular formula is C13H16N4O2. The Hall–Kier alpha value is -2.21. The van der Waals surface area contributed by atoms with Gasteiger partial charge in [-0.3, -0.25) is 4.79 Å². The lowest BCUT2D eigenvalue weighted by atomic mass is 10.1. The number of rotatable bonds is 3. The highest BCUT2D eigenvalue weighted by molar-refractivity contribution is 5.92. The molecular weight excluding hydrogens is 244 g/mol. The van der Waals surface area contributed by atoms with Crippen LogP contribution in [-0.4, -0.2) is 33.1 Å². The Morgan fingerprint density at radius 1 is 1.32 bits per heavy atom. The van der Waals surface area contributed by atoms with Gasteiger partial charge in [0.05, 0.1) is 12.3 Å². The Labute approximate surface area is 111 Å². The van der Waals surface area contributed by atoms with Gasteiger partial charge in [-0.1, -0.05) is 6.07 Å². The quantitative estimate of drug-likeness (QED) is 0.853. The summed E-state index contributed by atoms with van der Waals surface area (Å²) in [6.07, 6.45) is 0. The first-order chi connectivity index (χ1) is 9.06. The molecule has 1 amide bonds. The van der Waals surface area contributed by atoms with Crippen LogP contribution in [-0.2, 0) is 6.61 Å². The lowest BCUT2D eigenvalue weighted by molar-refractivity contribution is 0.0954. The Bertz CT molecular complexity index is 619. The average molecular weight is 260 g/mol. The molecule has 1 aromatic heterocycles. The van der Waals surface area contributed by atoms with E-state index in [-0.39, 0.29) is 23.9 Å². The lowest BCUT2D eigenvalue weighted by Gasteiger charge is -2.03. The summed E-state index contributed by atoms with van der Waals surface area (Å²) in [5, 5.41) is 20.0. The highest BCUT2D eigenvalue weighted by Crippen LogP contribution is 2.14. The average Bonchev–Trinajstić information content (AvgIpc) is 2.85. The van der Waals surface area contributed by atoms with E-state index in [1.165, 1.54) is 17.4 Å². The number of carbonyl (C=O) groups excluding carboxylic acids is 1. The second kappa shape index (κ2) is 5.19. The van der Waals surface area contributed by atoms with Crippen molar-refractivity contribution in [1.29, 1.82) is 0 Å². The van der Waals surface area contributed by atoms with Crippen LogP contribution in [0.5, 0.6) is 0 Å². The van der Waals surface area contributed by atoms with Crippen molar-refractivity contribution in [3.63, 3.8) is 0 Å². The molecule has 100 valence electrons. The van der Waals surface area contributed by atoms with Crippen LogP contribution < -0.4 is 5.32 Å². The standard InChI is InChI=1S/C13H16N4O2/c1-8-4-5-10(6-9(8)2)17-15-11(7-18)12(16-17)13(19)14-3/h4-6,18H,7H2,1-3H3,(H,14,19). The molecule has 0 atom stereocenters. The van der Waals surface area contributed by atoms with Crippen molar-refractivity contribution in [2.45, 2.75) is 20.5 Å². The Morgan fingerprint density at radius 3 is 2.63 bits per heavy atom. The van der Waals surface area contributed by atoms with E-state index in [1.54, 1.807) is 0 Å². The van der Waals surface area contributed by atoms with Crippen molar-refractivity contribution in [3.05, 3.63) is 40.7 Å². The maximum absolute atomic E-state index is 11.6. The predicted octanol–water partition coefficient (Wildman–Crippen LogP) is 0.736. The fraction of sp³-hybridized carbons (Fsp3) is 0.308. The summed E-state index contributed by atoms with van der Waals surface area (Å²) in [6, 6.07) is 5.77. The summed E-state index contributed by atoms with van der Waals surface area (Å²) < 4.78 is 0. The maximum Gasteiger partial charge on any atom is 0.273 e. The van der Waals surface area contributed by atoms with Crippen LogP contribution in [0.15, 0.2) is 18.2 Å². The molecule has 0 aliphatic rings. The van der Waals surface area contributed by atoms with Gasteiger partial charge < -0.3 is 10.4 Å². The van der Waals surface area contributed by atoms with E-state index >= 15 is 0 Å². The highest BCUT2D eigenvalue weighted by Gasteiger charge is 2.17. The third-order valence-electron chi connectivity index (χ3n) is 3.00. The second-order valence-corrected chi connectivity index (χ2v) is 4.29. The molecule has 0 saturated heterocycles. The van der Waals surface area contributed by atoms with E-state index in [0.29, 0.717) is 0 Å². The zero-order chi connectivity index (χ0) is 14.0.